The van der Waals surface area contributed by atoms with Crippen molar-refractivity contribution in [2.75, 3.05) is 24.2 Å². The Balaban J connectivity index is 1.63. The van der Waals surface area contributed by atoms with Crippen LogP contribution in [0.15, 0.2) is 48.5 Å². The van der Waals surface area contributed by atoms with Crippen LogP contribution in [0.1, 0.15) is 46.4 Å². The fraction of sp³-hybridized carbons (Fsp3) is 0.318. The fourth-order valence-electron chi connectivity index (χ4n) is 3.46. The summed E-state index contributed by atoms with van der Waals surface area (Å²) in [5.74, 6) is -0.717. The van der Waals surface area contributed by atoms with Crippen LogP contribution in [-0.4, -0.2) is 37.4 Å². The maximum atomic E-state index is 12.6. The Hall–Kier alpha value is -3.35. The molecule has 2 aromatic carbocycles. The van der Waals surface area contributed by atoms with Crippen LogP contribution in [0.4, 0.5) is 11.4 Å². The van der Waals surface area contributed by atoms with Gasteiger partial charge in [-0.05, 0) is 37.1 Å². The molecular formula is C22H26N4O3. The van der Waals surface area contributed by atoms with Gasteiger partial charge >= 0.3 is 0 Å². The van der Waals surface area contributed by atoms with E-state index in [-0.39, 0.29) is 30.3 Å². The van der Waals surface area contributed by atoms with Crippen molar-refractivity contribution in [3.63, 3.8) is 0 Å². The van der Waals surface area contributed by atoms with Crippen LogP contribution < -0.4 is 21.3 Å². The summed E-state index contributed by atoms with van der Waals surface area (Å²) in [6, 6.07) is 14.1. The number of carbonyl (C=O) groups is 3. The summed E-state index contributed by atoms with van der Waals surface area (Å²) >= 11 is 0. The van der Waals surface area contributed by atoms with Gasteiger partial charge in [-0.1, -0.05) is 37.1 Å². The highest BCUT2D eigenvalue weighted by atomic mass is 16.2. The maximum absolute atomic E-state index is 12.6. The minimum atomic E-state index is -0.308. The first-order chi connectivity index (χ1) is 14.1. The van der Waals surface area contributed by atoms with Crippen molar-refractivity contribution < 1.29 is 14.4 Å². The van der Waals surface area contributed by atoms with Gasteiger partial charge in [-0.25, -0.2) is 0 Å². The quantitative estimate of drug-likeness (QED) is 0.580. The SMILES string of the molecule is CNC(=O)c1ccccc1NCC(=O)Nc1ccccc1C(=O)NC1CCCC1. The van der Waals surface area contributed by atoms with Crippen LogP contribution >= 0.6 is 0 Å². The van der Waals surface area contributed by atoms with Crippen LogP contribution in [0.5, 0.6) is 0 Å². The molecule has 3 rings (SSSR count). The Morgan fingerprint density at radius 1 is 0.862 bits per heavy atom. The van der Waals surface area contributed by atoms with Crippen molar-refractivity contribution in [3.05, 3.63) is 59.7 Å². The molecule has 0 bridgehead atoms. The van der Waals surface area contributed by atoms with E-state index in [4.69, 9.17) is 0 Å². The molecule has 2 aromatic rings. The molecule has 0 radical (unpaired) electrons. The molecule has 1 aliphatic rings. The number of hydrogen-bond acceptors (Lipinski definition) is 4. The molecule has 3 amide bonds. The van der Waals surface area contributed by atoms with E-state index in [1.54, 1.807) is 55.6 Å². The van der Waals surface area contributed by atoms with E-state index < -0.39 is 0 Å². The average molecular weight is 394 g/mol. The number of nitrogens with one attached hydrogen (secondary N) is 4. The number of anilines is 2. The zero-order chi connectivity index (χ0) is 20.6. The van der Waals surface area contributed by atoms with Gasteiger partial charge in [-0.2, -0.15) is 0 Å². The summed E-state index contributed by atoms with van der Waals surface area (Å²) in [7, 11) is 1.55. The molecule has 7 nitrogen and oxygen atoms in total. The molecule has 1 aliphatic carbocycles. The molecule has 7 heteroatoms. The lowest BCUT2D eigenvalue weighted by Gasteiger charge is -2.15. The Morgan fingerprint density at radius 3 is 2.10 bits per heavy atom. The molecule has 0 saturated heterocycles. The van der Waals surface area contributed by atoms with Crippen LogP contribution in [-0.2, 0) is 4.79 Å². The van der Waals surface area contributed by atoms with Gasteiger partial charge in [0.05, 0.1) is 23.4 Å². The predicted octanol–water partition coefficient (Wildman–Crippen LogP) is 2.77. The summed E-state index contributed by atoms with van der Waals surface area (Å²) in [6.45, 7) is -0.0351. The summed E-state index contributed by atoms with van der Waals surface area (Å²) in [4.78, 5) is 37.0. The topological polar surface area (TPSA) is 99.3 Å². The van der Waals surface area contributed by atoms with Crippen LogP contribution in [0.25, 0.3) is 0 Å². The number of hydrogen-bond donors (Lipinski definition) is 4. The standard InChI is InChI=1S/C22H26N4O3/c1-23-21(28)16-10-4-6-12-18(16)24-14-20(27)26-19-13-7-5-11-17(19)22(29)25-15-8-2-3-9-15/h4-7,10-13,15,24H,2-3,8-9,14H2,1H3,(H,23,28)(H,25,29)(H,26,27). The molecule has 0 spiro atoms. The summed E-state index contributed by atoms with van der Waals surface area (Å²) in [5.41, 5.74) is 1.93. The number of benzene rings is 2. The molecular weight excluding hydrogens is 368 g/mol. The Labute approximate surface area is 170 Å². The van der Waals surface area contributed by atoms with Crippen molar-refractivity contribution in [2.45, 2.75) is 31.7 Å². The fourth-order valence-corrected chi connectivity index (χ4v) is 3.46. The zero-order valence-corrected chi connectivity index (χ0v) is 16.5. The molecule has 152 valence electrons. The van der Waals surface area contributed by atoms with Crippen LogP contribution in [0, 0.1) is 0 Å². The lowest BCUT2D eigenvalue weighted by atomic mass is 10.1. The van der Waals surface area contributed by atoms with Gasteiger partial charge in [0.25, 0.3) is 11.8 Å². The highest BCUT2D eigenvalue weighted by molar-refractivity contribution is 6.05. The molecule has 0 aliphatic heterocycles. The highest BCUT2D eigenvalue weighted by Crippen LogP contribution is 2.20. The molecule has 1 fully saturated rings. The van der Waals surface area contributed by atoms with Crippen molar-refractivity contribution in [1.29, 1.82) is 0 Å². The van der Waals surface area contributed by atoms with Gasteiger partial charge in [-0.3, -0.25) is 14.4 Å². The van der Waals surface area contributed by atoms with Crippen molar-refractivity contribution in [3.8, 4) is 0 Å². The molecule has 29 heavy (non-hydrogen) atoms. The highest BCUT2D eigenvalue weighted by Gasteiger charge is 2.20. The normalized spacial score (nSPS) is 13.6. The van der Waals surface area contributed by atoms with E-state index in [0.717, 1.165) is 25.7 Å². The van der Waals surface area contributed by atoms with Gasteiger partial charge in [0.1, 0.15) is 0 Å². The Kier molecular flexibility index (Phi) is 6.84. The van der Waals surface area contributed by atoms with E-state index >= 15 is 0 Å². The number of rotatable bonds is 7. The molecule has 0 atom stereocenters. The lowest BCUT2D eigenvalue weighted by Crippen LogP contribution is -2.33. The van der Waals surface area contributed by atoms with E-state index in [1.807, 2.05) is 0 Å². The first-order valence-electron chi connectivity index (χ1n) is 9.83. The van der Waals surface area contributed by atoms with Gasteiger partial charge in [0, 0.05) is 18.8 Å². The summed E-state index contributed by atoms with van der Waals surface area (Å²) < 4.78 is 0. The van der Waals surface area contributed by atoms with Gasteiger partial charge < -0.3 is 21.3 Å². The van der Waals surface area contributed by atoms with E-state index in [0.29, 0.717) is 22.5 Å². The number of carbonyl (C=O) groups excluding carboxylic acids is 3. The molecule has 0 unspecified atom stereocenters. The third kappa shape index (κ3) is 5.34. The van der Waals surface area contributed by atoms with E-state index in [9.17, 15) is 14.4 Å². The predicted molar refractivity (Wildman–Crippen MR) is 113 cm³/mol. The largest absolute Gasteiger partial charge is 0.376 e. The summed E-state index contributed by atoms with van der Waals surface area (Å²) in [6.07, 6.45) is 4.25. The first kappa shape index (κ1) is 20.4. The van der Waals surface area contributed by atoms with Crippen molar-refractivity contribution in [2.24, 2.45) is 0 Å². The Morgan fingerprint density at radius 2 is 1.45 bits per heavy atom. The molecule has 0 heterocycles. The van der Waals surface area contributed by atoms with Crippen molar-refractivity contribution >= 4 is 29.1 Å². The van der Waals surface area contributed by atoms with Crippen LogP contribution in [0.2, 0.25) is 0 Å². The minimum absolute atomic E-state index is 0.0351. The van der Waals surface area contributed by atoms with Gasteiger partial charge in [0.2, 0.25) is 5.91 Å². The average Bonchev–Trinajstić information content (AvgIpc) is 3.25. The number of amides is 3. The Bertz CT molecular complexity index is 891. The molecule has 0 aromatic heterocycles. The monoisotopic (exact) mass is 394 g/mol. The van der Waals surface area contributed by atoms with Gasteiger partial charge in [0.15, 0.2) is 0 Å². The maximum Gasteiger partial charge on any atom is 0.253 e. The first-order valence-corrected chi connectivity index (χ1v) is 9.83. The lowest BCUT2D eigenvalue weighted by molar-refractivity contribution is -0.114. The third-order valence-electron chi connectivity index (χ3n) is 4.97. The number of para-hydroxylation sites is 2. The van der Waals surface area contributed by atoms with E-state index in [2.05, 4.69) is 21.3 Å². The second-order valence-corrected chi connectivity index (χ2v) is 7.03. The third-order valence-corrected chi connectivity index (χ3v) is 4.97. The van der Waals surface area contributed by atoms with Gasteiger partial charge in [-0.15, -0.1) is 0 Å². The molecule has 4 N–H and O–H groups in total. The smallest absolute Gasteiger partial charge is 0.253 e. The second-order valence-electron chi connectivity index (χ2n) is 7.03. The zero-order valence-electron chi connectivity index (χ0n) is 16.5. The van der Waals surface area contributed by atoms with Crippen LogP contribution in [0.3, 0.4) is 0 Å². The molecule has 1 saturated carbocycles. The van der Waals surface area contributed by atoms with Crippen molar-refractivity contribution in [1.82, 2.24) is 10.6 Å². The summed E-state index contributed by atoms with van der Waals surface area (Å²) in [5, 5.41) is 11.4. The van der Waals surface area contributed by atoms with E-state index in [1.165, 1.54) is 0 Å². The minimum Gasteiger partial charge on any atom is -0.376 e. The second kappa shape index (κ2) is 9.73.